The van der Waals surface area contributed by atoms with Gasteiger partial charge in [-0.05, 0) is 42.7 Å². The van der Waals surface area contributed by atoms with Crippen LogP contribution in [0.1, 0.15) is 39.9 Å². The van der Waals surface area contributed by atoms with Crippen LogP contribution in [0.2, 0.25) is 0 Å². The van der Waals surface area contributed by atoms with Crippen molar-refractivity contribution in [3.05, 3.63) is 62.8 Å². The maximum Gasteiger partial charge on any atom is 0.435 e. The Bertz CT molecular complexity index is 1300. The Kier molecular flexibility index (Phi) is 6.30. The molecule has 8 nitrogen and oxygen atoms in total. The molecule has 3 N–H and O–H groups in total. The highest BCUT2D eigenvalue weighted by atomic mass is 19.4. The summed E-state index contributed by atoms with van der Waals surface area (Å²) in [6.45, 7) is 5.79. The lowest BCUT2D eigenvalue weighted by molar-refractivity contribution is -0.140. The molecule has 1 aromatic carbocycles. The first-order valence-corrected chi connectivity index (χ1v) is 10.9. The maximum atomic E-state index is 13.7. The zero-order valence-electron chi connectivity index (χ0n) is 18.9. The molecular formula is C23H25F3N6O2. The molecule has 0 spiro atoms. The molecule has 34 heavy (non-hydrogen) atoms. The second-order valence-electron chi connectivity index (χ2n) is 8.36. The van der Waals surface area contributed by atoms with Crippen molar-refractivity contribution in [1.29, 1.82) is 0 Å². The molecule has 4 rings (SSSR count). The first kappa shape index (κ1) is 23.7. The van der Waals surface area contributed by atoms with Crippen molar-refractivity contribution in [2.24, 2.45) is 5.73 Å². The molecule has 0 bridgehead atoms. The van der Waals surface area contributed by atoms with Crippen LogP contribution in [-0.4, -0.2) is 51.9 Å². The van der Waals surface area contributed by atoms with Gasteiger partial charge in [-0.2, -0.15) is 13.2 Å². The number of aromatic nitrogens is 3. The lowest BCUT2D eigenvalue weighted by Crippen LogP contribution is -2.46. The molecule has 0 saturated carbocycles. The number of primary amides is 1. The fourth-order valence-corrected chi connectivity index (χ4v) is 4.21. The SMILES string of the molecule is CCc1nc2ccc(CN3CCN(c4cc(C)c(C(N)=O)nc4C(F)(F)F)CC3)cc2[nH]c1=O. The van der Waals surface area contributed by atoms with E-state index in [1.807, 2.05) is 25.1 Å². The van der Waals surface area contributed by atoms with Crippen LogP contribution in [0.15, 0.2) is 29.1 Å². The van der Waals surface area contributed by atoms with Gasteiger partial charge in [-0.3, -0.25) is 14.5 Å². The van der Waals surface area contributed by atoms with E-state index in [0.29, 0.717) is 61.4 Å². The molecule has 3 aromatic rings. The second kappa shape index (κ2) is 9.05. The normalized spacial score (nSPS) is 15.1. The predicted molar refractivity (Wildman–Crippen MR) is 122 cm³/mol. The van der Waals surface area contributed by atoms with Gasteiger partial charge in [-0.15, -0.1) is 0 Å². The molecule has 1 saturated heterocycles. The van der Waals surface area contributed by atoms with E-state index < -0.39 is 17.8 Å². The van der Waals surface area contributed by atoms with E-state index in [4.69, 9.17) is 5.73 Å². The third kappa shape index (κ3) is 4.74. The average molecular weight is 474 g/mol. The van der Waals surface area contributed by atoms with Crippen molar-refractivity contribution in [3.63, 3.8) is 0 Å². The van der Waals surface area contributed by atoms with Crippen LogP contribution in [0.4, 0.5) is 18.9 Å². The highest BCUT2D eigenvalue weighted by Gasteiger charge is 2.38. The average Bonchev–Trinajstić information content (AvgIpc) is 2.78. The summed E-state index contributed by atoms with van der Waals surface area (Å²) in [5, 5.41) is 0. The highest BCUT2D eigenvalue weighted by Crippen LogP contribution is 2.36. The van der Waals surface area contributed by atoms with E-state index in [-0.39, 0.29) is 16.9 Å². The highest BCUT2D eigenvalue weighted by molar-refractivity contribution is 5.92. The number of hydrogen-bond acceptors (Lipinski definition) is 6. The number of piperazine rings is 1. The van der Waals surface area contributed by atoms with Gasteiger partial charge in [-0.1, -0.05) is 13.0 Å². The summed E-state index contributed by atoms with van der Waals surface area (Å²) in [5.74, 6) is -0.989. The van der Waals surface area contributed by atoms with Crippen molar-refractivity contribution in [1.82, 2.24) is 19.9 Å². The molecular weight excluding hydrogens is 449 g/mol. The largest absolute Gasteiger partial charge is 0.435 e. The predicted octanol–water partition coefficient (Wildman–Crippen LogP) is 2.63. The number of carbonyl (C=O) groups excluding carboxylic acids is 1. The molecule has 0 aliphatic carbocycles. The second-order valence-corrected chi connectivity index (χ2v) is 8.36. The minimum absolute atomic E-state index is 0.0456. The van der Waals surface area contributed by atoms with Crippen molar-refractivity contribution >= 4 is 22.6 Å². The Hall–Kier alpha value is -3.47. The van der Waals surface area contributed by atoms with Gasteiger partial charge >= 0.3 is 6.18 Å². The number of fused-ring (bicyclic) bond motifs is 1. The summed E-state index contributed by atoms with van der Waals surface area (Å²) >= 11 is 0. The Labute approximate surface area is 193 Å². The summed E-state index contributed by atoms with van der Waals surface area (Å²) < 4.78 is 41.0. The lowest BCUT2D eigenvalue weighted by atomic mass is 10.1. The van der Waals surface area contributed by atoms with E-state index in [9.17, 15) is 22.8 Å². The van der Waals surface area contributed by atoms with E-state index in [1.165, 1.54) is 13.0 Å². The fourth-order valence-electron chi connectivity index (χ4n) is 4.21. The van der Waals surface area contributed by atoms with Gasteiger partial charge < -0.3 is 15.6 Å². The van der Waals surface area contributed by atoms with Crippen molar-refractivity contribution in [3.8, 4) is 0 Å². The number of nitrogens with two attached hydrogens (primary N) is 1. The van der Waals surface area contributed by atoms with Crippen molar-refractivity contribution in [2.75, 3.05) is 31.1 Å². The molecule has 1 fully saturated rings. The number of pyridine rings is 1. The molecule has 1 amide bonds. The van der Waals surface area contributed by atoms with Crippen molar-refractivity contribution in [2.45, 2.75) is 33.0 Å². The topological polar surface area (TPSA) is 108 Å². The first-order chi connectivity index (χ1) is 16.1. The Morgan fingerprint density at radius 1 is 1.15 bits per heavy atom. The van der Waals surface area contributed by atoms with Crippen LogP contribution in [0.25, 0.3) is 11.0 Å². The number of nitrogens with zero attached hydrogens (tertiary/aromatic N) is 4. The quantitative estimate of drug-likeness (QED) is 0.589. The van der Waals surface area contributed by atoms with Crippen molar-refractivity contribution < 1.29 is 18.0 Å². The van der Waals surface area contributed by atoms with Gasteiger partial charge in [0.1, 0.15) is 11.4 Å². The van der Waals surface area contributed by atoms with Crippen LogP contribution in [0.5, 0.6) is 0 Å². The number of rotatable bonds is 5. The third-order valence-corrected chi connectivity index (χ3v) is 5.98. The number of H-pyrrole nitrogens is 1. The van der Waals surface area contributed by atoms with Gasteiger partial charge in [0.15, 0.2) is 5.69 Å². The number of nitrogens with one attached hydrogen (secondary N) is 1. The van der Waals surface area contributed by atoms with E-state index in [2.05, 4.69) is 19.9 Å². The summed E-state index contributed by atoms with van der Waals surface area (Å²) in [7, 11) is 0. The number of alkyl halides is 3. The zero-order chi connectivity index (χ0) is 24.6. The number of aromatic amines is 1. The fraction of sp³-hybridized carbons (Fsp3) is 0.391. The van der Waals surface area contributed by atoms with E-state index in [1.54, 1.807) is 4.90 Å². The van der Waals surface area contributed by atoms with E-state index in [0.717, 1.165) is 5.56 Å². The van der Waals surface area contributed by atoms with Crippen LogP contribution in [-0.2, 0) is 19.1 Å². The number of amides is 1. The standard InChI is InChI=1S/C23H25F3N6O2/c1-3-15-22(34)29-17-11-14(4-5-16(17)28-15)12-31-6-8-32(9-7-31)18-10-13(2)19(21(27)33)30-20(18)23(24,25)26/h4-5,10-11H,3,6-9,12H2,1-2H3,(H2,27,33)(H,29,34). The molecule has 1 aliphatic rings. The monoisotopic (exact) mass is 474 g/mol. The molecule has 1 aliphatic heterocycles. The summed E-state index contributed by atoms with van der Waals surface area (Å²) in [5.41, 5.74) is 6.62. The molecule has 0 atom stereocenters. The Morgan fingerprint density at radius 2 is 1.85 bits per heavy atom. The summed E-state index contributed by atoms with van der Waals surface area (Å²) in [4.78, 5) is 38.1. The number of anilines is 1. The Balaban J connectivity index is 1.50. The number of aryl methyl sites for hydroxylation is 2. The molecule has 0 radical (unpaired) electrons. The summed E-state index contributed by atoms with van der Waals surface area (Å²) in [6, 6.07) is 7.02. The van der Waals surface area contributed by atoms with Crippen LogP contribution >= 0.6 is 0 Å². The smallest absolute Gasteiger partial charge is 0.367 e. The number of halogens is 3. The summed E-state index contributed by atoms with van der Waals surface area (Å²) in [6.07, 6.45) is -4.16. The van der Waals surface area contributed by atoms with Gasteiger partial charge in [0.05, 0.1) is 16.7 Å². The lowest BCUT2D eigenvalue weighted by Gasteiger charge is -2.37. The van der Waals surface area contributed by atoms with Gasteiger partial charge in [0.2, 0.25) is 0 Å². The van der Waals surface area contributed by atoms with Gasteiger partial charge in [0, 0.05) is 32.7 Å². The molecule has 0 unspecified atom stereocenters. The third-order valence-electron chi connectivity index (χ3n) is 5.98. The van der Waals surface area contributed by atoms with Crippen LogP contribution < -0.4 is 16.2 Å². The molecule has 180 valence electrons. The number of carbonyl (C=O) groups is 1. The van der Waals surface area contributed by atoms with Gasteiger partial charge in [-0.25, -0.2) is 9.97 Å². The van der Waals surface area contributed by atoms with Crippen LogP contribution in [0.3, 0.4) is 0 Å². The minimum Gasteiger partial charge on any atom is -0.367 e. The molecule has 11 heteroatoms. The minimum atomic E-state index is -4.71. The molecule has 3 heterocycles. The number of benzene rings is 1. The van der Waals surface area contributed by atoms with E-state index >= 15 is 0 Å². The molecule has 2 aromatic heterocycles. The van der Waals surface area contributed by atoms with Crippen LogP contribution in [0, 0.1) is 6.92 Å². The first-order valence-electron chi connectivity index (χ1n) is 10.9. The maximum absolute atomic E-state index is 13.7. The Morgan fingerprint density at radius 3 is 2.47 bits per heavy atom. The van der Waals surface area contributed by atoms with Gasteiger partial charge in [0.25, 0.3) is 11.5 Å². The number of hydrogen-bond donors (Lipinski definition) is 2. The zero-order valence-corrected chi connectivity index (χ0v) is 18.9.